The van der Waals surface area contributed by atoms with Crippen molar-refractivity contribution >= 4 is 38.6 Å². The van der Waals surface area contributed by atoms with Crippen molar-refractivity contribution in [2.24, 2.45) is 0 Å². The molecule has 0 spiro atoms. The summed E-state index contributed by atoms with van der Waals surface area (Å²) in [4.78, 5) is 30.1. The van der Waals surface area contributed by atoms with Crippen molar-refractivity contribution in [3.63, 3.8) is 0 Å². The number of aliphatic hydroxyl groups is 1. The third kappa shape index (κ3) is 2.95. The second-order valence-electron chi connectivity index (χ2n) is 7.27. The summed E-state index contributed by atoms with van der Waals surface area (Å²) in [5, 5.41) is 23.4. The third-order valence-electron chi connectivity index (χ3n) is 5.48. The lowest BCUT2D eigenvalue weighted by Gasteiger charge is -2.25. The van der Waals surface area contributed by atoms with Crippen molar-refractivity contribution in [2.45, 2.75) is 19.9 Å². The molecule has 2 aromatic carbocycles. The van der Waals surface area contributed by atoms with Crippen LogP contribution in [0.1, 0.15) is 34.3 Å². The highest BCUT2D eigenvalue weighted by atomic mass is 32.1. The van der Waals surface area contributed by atoms with E-state index in [0.29, 0.717) is 28.9 Å². The molecule has 0 bridgehead atoms. The summed E-state index contributed by atoms with van der Waals surface area (Å²) in [6.45, 7) is 2.52. The molecule has 7 nitrogen and oxygen atoms in total. The van der Waals surface area contributed by atoms with Gasteiger partial charge in [-0.15, -0.1) is 11.3 Å². The Bertz CT molecular complexity index is 1470. The van der Waals surface area contributed by atoms with Gasteiger partial charge in [0.2, 0.25) is 0 Å². The van der Waals surface area contributed by atoms with E-state index in [1.807, 2.05) is 41.8 Å². The van der Waals surface area contributed by atoms with Gasteiger partial charge in [0.1, 0.15) is 16.4 Å². The maximum Gasteiger partial charge on any atom is 0.281 e. The largest absolute Gasteiger partial charge is 0.506 e. The number of hydrogen-bond donors (Lipinski definition) is 1. The van der Waals surface area contributed by atoms with Gasteiger partial charge >= 0.3 is 0 Å². The molecule has 0 amide bonds. The zero-order chi connectivity index (χ0) is 21.7. The first-order chi connectivity index (χ1) is 15.0. The summed E-state index contributed by atoms with van der Waals surface area (Å²) in [6, 6.07) is 15.4. The molecule has 5 rings (SSSR count). The Labute approximate surface area is 180 Å². The molecule has 2 aromatic heterocycles. The maximum absolute atomic E-state index is 12.8. The van der Waals surface area contributed by atoms with Crippen LogP contribution in [-0.4, -0.2) is 19.6 Å². The number of aryl methyl sites for hydroxylation is 1. The maximum atomic E-state index is 12.8. The van der Waals surface area contributed by atoms with E-state index in [2.05, 4.69) is 4.98 Å². The number of benzene rings is 2. The molecular weight excluding hydrogens is 414 g/mol. The Balaban J connectivity index is 1.90. The van der Waals surface area contributed by atoms with Crippen LogP contribution in [0.3, 0.4) is 0 Å². The predicted molar refractivity (Wildman–Crippen MR) is 120 cm³/mol. The minimum Gasteiger partial charge on any atom is -0.506 e. The molecule has 0 unspecified atom stereocenters. The molecule has 0 radical (unpaired) electrons. The minimum absolute atomic E-state index is 0.0838. The Hall–Kier alpha value is -3.78. The number of nitrogens with zero attached hydrogens (tertiary/aromatic N) is 3. The van der Waals surface area contributed by atoms with Crippen LogP contribution in [0, 0.1) is 10.1 Å². The van der Waals surface area contributed by atoms with Crippen LogP contribution in [0.5, 0.6) is 0 Å². The Kier molecular flexibility index (Phi) is 4.44. The highest BCUT2D eigenvalue weighted by molar-refractivity contribution is 7.18. The van der Waals surface area contributed by atoms with Gasteiger partial charge in [-0.25, -0.2) is 0 Å². The molecular formula is C23H17N3O4S. The number of fused-ring (bicyclic) bond motifs is 4. The van der Waals surface area contributed by atoms with E-state index in [4.69, 9.17) is 0 Å². The molecule has 154 valence electrons. The topological polar surface area (TPSA) is 98.3 Å². The first kappa shape index (κ1) is 19.2. The standard InChI is InChI=1S/C23H17N3O4S/c1-2-14-11-17-22(28)24-21-19(20(27)16-9-5-6-10-18(16)26(29)30)15-8-4-3-7-13(15)12-25(21)23(17)31-14/h3-11,27H,2,12H2,1H3/b20-19-. The quantitative estimate of drug-likeness (QED) is 0.252. The molecule has 0 aliphatic carbocycles. The average molecular weight is 431 g/mol. The summed E-state index contributed by atoms with van der Waals surface area (Å²) in [5.74, 6) is 0.0445. The normalized spacial score (nSPS) is 14.2. The summed E-state index contributed by atoms with van der Waals surface area (Å²) < 4.78 is 1.92. The van der Waals surface area contributed by atoms with Gasteiger partial charge in [0.25, 0.3) is 11.2 Å². The Morgan fingerprint density at radius 2 is 1.97 bits per heavy atom. The van der Waals surface area contributed by atoms with Crippen LogP contribution in [0.2, 0.25) is 0 Å². The number of aliphatic hydroxyl groups excluding tert-OH is 1. The number of para-hydroxylation sites is 1. The summed E-state index contributed by atoms with van der Waals surface area (Å²) in [7, 11) is 0. The SMILES string of the molecule is CCc1cc2c(=O)nc3n(c2s1)Cc1ccccc1/C3=C(/O)c1ccccc1[N+](=O)[O-]. The van der Waals surface area contributed by atoms with Gasteiger partial charge in [0.05, 0.1) is 28.0 Å². The molecule has 0 fully saturated rings. The molecule has 0 saturated heterocycles. The van der Waals surface area contributed by atoms with Crippen molar-refractivity contribution in [2.75, 3.05) is 0 Å². The van der Waals surface area contributed by atoms with Crippen LogP contribution in [0.15, 0.2) is 59.4 Å². The zero-order valence-electron chi connectivity index (χ0n) is 16.5. The Morgan fingerprint density at radius 1 is 1.23 bits per heavy atom. The summed E-state index contributed by atoms with van der Waals surface area (Å²) in [5.41, 5.74) is 1.46. The molecule has 0 atom stereocenters. The van der Waals surface area contributed by atoms with Crippen molar-refractivity contribution < 1.29 is 10.0 Å². The first-order valence-corrected chi connectivity index (χ1v) is 10.6. The first-order valence-electron chi connectivity index (χ1n) is 9.78. The average Bonchev–Trinajstić information content (AvgIpc) is 3.23. The van der Waals surface area contributed by atoms with Gasteiger partial charge in [-0.2, -0.15) is 4.98 Å². The fraction of sp³-hybridized carbons (Fsp3) is 0.130. The molecule has 8 heteroatoms. The van der Waals surface area contributed by atoms with Crippen molar-refractivity contribution in [3.8, 4) is 0 Å². The number of hydrogen-bond acceptors (Lipinski definition) is 6. The molecule has 3 heterocycles. The van der Waals surface area contributed by atoms with Gasteiger partial charge in [-0.1, -0.05) is 43.3 Å². The monoisotopic (exact) mass is 431 g/mol. The third-order valence-corrected chi connectivity index (χ3v) is 6.78. The van der Waals surface area contributed by atoms with E-state index < -0.39 is 4.92 Å². The van der Waals surface area contributed by atoms with Crippen molar-refractivity contribution in [1.82, 2.24) is 9.55 Å². The highest BCUT2D eigenvalue weighted by Crippen LogP contribution is 2.39. The highest BCUT2D eigenvalue weighted by Gasteiger charge is 2.29. The van der Waals surface area contributed by atoms with E-state index in [9.17, 15) is 20.0 Å². The summed E-state index contributed by atoms with van der Waals surface area (Å²) >= 11 is 1.53. The van der Waals surface area contributed by atoms with Gasteiger partial charge in [0, 0.05) is 10.9 Å². The van der Waals surface area contributed by atoms with Crippen molar-refractivity contribution in [1.29, 1.82) is 0 Å². The number of thiophene rings is 1. The fourth-order valence-corrected chi connectivity index (χ4v) is 5.09. The number of nitro groups is 1. The second kappa shape index (κ2) is 7.17. The van der Waals surface area contributed by atoms with Gasteiger partial charge in [-0.05, 0) is 29.7 Å². The molecule has 1 N–H and O–H groups in total. The van der Waals surface area contributed by atoms with Gasteiger partial charge in [0.15, 0.2) is 0 Å². The van der Waals surface area contributed by atoms with Crippen LogP contribution < -0.4 is 5.56 Å². The van der Waals surface area contributed by atoms with E-state index >= 15 is 0 Å². The number of aromatic nitrogens is 2. The molecule has 31 heavy (non-hydrogen) atoms. The molecule has 1 aliphatic rings. The lowest BCUT2D eigenvalue weighted by atomic mass is 9.92. The van der Waals surface area contributed by atoms with Crippen LogP contribution in [0.25, 0.3) is 21.5 Å². The lowest BCUT2D eigenvalue weighted by Crippen LogP contribution is -2.23. The van der Waals surface area contributed by atoms with Crippen LogP contribution in [0.4, 0.5) is 5.69 Å². The fourth-order valence-electron chi connectivity index (χ4n) is 4.00. The summed E-state index contributed by atoms with van der Waals surface area (Å²) in [6.07, 6.45) is 0.800. The van der Waals surface area contributed by atoms with Gasteiger partial charge < -0.3 is 9.67 Å². The van der Waals surface area contributed by atoms with Crippen LogP contribution >= 0.6 is 11.3 Å². The number of rotatable bonds is 3. The van der Waals surface area contributed by atoms with E-state index in [0.717, 1.165) is 21.7 Å². The van der Waals surface area contributed by atoms with Crippen molar-refractivity contribution in [3.05, 3.63) is 102 Å². The second-order valence-corrected chi connectivity index (χ2v) is 8.38. The molecule has 4 aromatic rings. The molecule has 0 saturated carbocycles. The smallest absolute Gasteiger partial charge is 0.281 e. The van der Waals surface area contributed by atoms with E-state index in [1.54, 1.807) is 12.1 Å². The molecule has 1 aliphatic heterocycles. The minimum atomic E-state index is -0.530. The number of nitro benzene ring substituents is 1. The Morgan fingerprint density at radius 3 is 2.74 bits per heavy atom. The van der Waals surface area contributed by atoms with Crippen LogP contribution in [-0.2, 0) is 13.0 Å². The lowest BCUT2D eigenvalue weighted by molar-refractivity contribution is -0.385. The van der Waals surface area contributed by atoms with E-state index in [1.165, 1.54) is 23.5 Å². The predicted octanol–water partition coefficient (Wildman–Crippen LogP) is 4.76. The van der Waals surface area contributed by atoms with Gasteiger partial charge in [-0.3, -0.25) is 14.9 Å². The van der Waals surface area contributed by atoms with E-state index in [-0.39, 0.29) is 22.6 Å². The zero-order valence-corrected chi connectivity index (χ0v) is 17.3.